The summed E-state index contributed by atoms with van der Waals surface area (Å²) >= 11 is 0. The van der Waals surface area contributed by atoms with Crippen LogP contribution in [0.15, 0.2) is 231 Å². The lowest BCUT2D eigenvalue weighted by atomic mass is 9.76. The number of hydrogen-bond acceptors (Lipinski definition) is 2. The minimum atomic E-state index is -0.479. The molecule has 0 heterocycles. The van der Waals surface area contributed by atoms with E-state index in [1.165, 1.54) is 54.9 Å². The Kier molecular flexibility index (Phi) is 10.8. The van der Waals surface area contributed by atoms with Gasteiger partial charge in [-0.05, 0) is 210 Å². The van der Waals surface area contributed by atoms with Crippen LogP contribution in [0, 0.1) is 25.5 Å². The normalized spacial score (nSPS) is 13.6. The molecule has 12 aromatic rings. The minimum absolute atomic E-state index is 0.283. The number of rotatable bonds is 8. The van der Waals surface area contributed by atoms with Crippen molar-refractivity contribution in [2.75, 3.05) is 9.80 Å². The highest BCUT2D eigenvalue weighted by Crippen LogP contribution is 2.61. The maximum Gasteiger partial charge on any atom is 0.123 e. The second-order valence-electron chi connectivity index (χ2n) is 22.5. The van der Waals surface area contributed by atoms with Crippen LogP contribution in [0.3, 0.4) is 0 Å². The highest BCUT2D eigenvalue weighted by Gasteiger charge is 2.43. The fraction of sp³-hybridized carbons (Fsp3) is 0.108. The van der Waals surface area contributed by atoms with Crippen LogP contribution in [0.1, 0.15) is 61.1 Å². The van der Waals surface area contributed by atoms with Crippen molar-refractivity contribution in [3.63, 3.8) is 0 Å². The SMILES string of the molecule is Cc1cccc(N(c2ccc3c(c2)C(C)(C)c2cc4c(-c5ccc(F)cc5)c5c(cc4c(-c4ccc(F)cc4)c2-3)C(C)(C)c2cc(N(c3cccc(C)c3)c3cccc4ccccc34)ccc2-5)c2cccc3ccccc23)c1. The van der Waals surface area contributed by atoms with E-state index in [4.69, 9.17) is 0 Å². The van der Waals surface area contributed by atoms with E-state index in [0.29, 0.717) is 0 Å². The van der Waals surface area contributed by atoms with Crippen molar-refractivity contribution in [2.24, 2.45) is 0 Å². The molecule has 376 valence electrons. The second-order valence-corrected chi connectivity index (χ2v) is 22.5. The standard InChI is InChI=1S/C74H56F2N2/c1-45-15-11-21-53(39-45)77(67-25-13-19-47-17-7-9-23-57(47)67)55-35-37-59-63(41-55)73(3,4)65-43-61-62(69(71(59)65)49-27-31-51(75)32-28-49)44-66-72(70(61)50-29-33-52(76)34-30-50)60-38-36-56(42-64(60)74(66,5)6)78(54-22-12-16-46(2)40-54)68-26-14-20-48-18-8-10-24-58(48)68/h7-44H,1-6H3. The van der Waals surface area contributed by atoms with Crippen LogP contribution in [-0.2, 0) is 10.8 Å². The van der Waals surface area contributed by atoms with Crippen molar-refractivity contribution in [3.05, 3.63) is 276 Å². The van der Waals surface area contributed by atoms with E-state index < -0.39 is 10.8 Å². The quantitative estimate of drug-likeness (QED) is 0.150. The monoisotopic (exact) mass is 1010 g/mol. The van der Waals surface area contributed by atoms with Gasteiger partial charge < -0.3 is 9.80 Å². The summed E-state index contributed by atoms with van der Waals surface area (Å²) < 4.78 is 30.4. The molecule has 12 aromatic carbocycles. The van der Waals surface area contributed by atoms with Gasteiger partial charge in [-0.15, -0.1) is 0 Å². The highest BCUT2D eigenvalue weighted by atomic mass is 19.1. The molecule has 0 bridgehead atoms. The lowest BCUT2D eigenvalue weighted by Crippen LogP contribution is -2.17. The molecule has 0 atom stereocenters. The first-order valence-corrected chi connectivity index (χ1v) is 27.0. The van der Waals surface area contributed by atoms with Crippen molar-refractivity contribution < 1.29 is 8.78 Å². The smallest absolute Gasteiger partial charge is 0.123 e. The molecule has 0 saturated carbocycles. The molecule has 0 fully saturated rings. The average Bonchev–Trinajstić information content (AvgIpc) is 3.59. The van der Waals surface area contributed by atoms with Gasteiger partial charge in [0, 0.05) is 44.4 Å². The molecule has 4 heteroatoms. The fourth-order valence-corrected chi connectivity index (χ4v) is 13.2. The zero-order chi connectivity index (χ0) is 53.2. The summed E-state index contributed by atoms with van der Waals surface area (Å²) in [7, 11) is 0. The number of nitrogens with zero attached hydrogens (tertiary/aromatic N) is 2. The number of anilines is 6. The second kappa shape index (κ2) is 17.7. The lowest BCUT2D eigenvalue weighted by molar-refractivity contribution is 0.627. The van der Waals surface area contributed by atoms with Gasteiger partial charge in [0.25, 0.3) is 0 Å². The molecule has 0 amide bonds. The molecule has 2 nitrogen and oxygen atoms in total. The van der Waals surface area contributed by atoms with Crippen molar-refractivity contribution in [1.29, 1.82) is 0 Å². The van der Waals surface area contributed by atoms with Crippen LogP contribution < -0.4 is 9.80 Å². The van der Waals surface area contributed by atoms with Crippen LogP contribution in [-0.4, -0.2) is 0 Å². The van der Waals surface area contributed by atoms with E-state index >= 15 is 8.78 Å². The molecule has 0 spiro atoms. The summed E-state index contributed by atoms with van der Waals surface area (Å²) in [5.41, 5.74) is 21.3. The van der Waals surface area contributed by atoms with Crippen LogP contribution in [0.5, 0.6) is 0 Å². The molecule has 0 aromatic heterocycles. The Morgan fingerprint density at radius 2 is 0.679 bits per heavy atom. The number of halogens is 2. The first kappa shape index (κ1) is 47.3. The summed E-state index contributed by atoms with van der Waals surface area (Å²) in [6, 6.07) is 80.7. The van der Waals surface area contributed by atoms with E-state index in [9.17, 15) is 0 Å². The maximum atomic E-state index is 15.2. The third kappa shape index (κ3) is 7.34. The first-order valence-electron chi connectivity index (χ1n) is 27.0. The van der Waals surface area contributed by atoms with E-state index in [2.05, 4.69) is 233 Å². The van der Waals surface area contributed by atoms with Gasteiger partial charge in [-0.25, -0.2) is 8.78 Å². The zero-order valence-corrected chi connectivity index (χ0v) is 44.6. The summed E-state index contributed by atoms with van der Waals surface area (Å²) in [6.07, 6.45) is 0. The number of aryl methyl sites for hydroxylation is 2. The van der Waals surface area contributed by atoms with Crippen molar-refractivity contribution in [3.8, 4) is 44.5 Å². The van der Waals surface area contributed by atoms with Gasteiger partial charge in [0.15, 0.2) is 0 Å². The largest absolute Gasteiger partial charge is 0.310 e. The van der Waals surface area contributed by atoms with E-state index in [1.54, 1.807) is 24.3 Å². The zero-order valence-electron chi connectivity index (χ0n) is 44.6. The molecule has 0 N–H and O–H groups in total. The molecular formula is C74H56F2N2. The van der Waals surface area contributed by atoms with Crippen molar-refractivity contribution >= 4 is 66.4 Å². The van der Waals surface area contributed by atoms with Crippen LogP contribution in [0.25, 0.3) is 76.8 Å². The summed E-state index contributed by atoms with van der Waals surface area (Å²) in [5, 5.41) is 6.84. The Morgan fingerprint density at radius 3 is 1.09 bits per heavy atom. The average molecular weight is 1010 g/mol. The van der Waals surface area contributed by atoms with Gasteiger partial charge in [-0.1, -0.05) is 161 Å². The van der Waals surface area contributed by atoms with Crippen LogP contribution >= 0.6 is 0 Å². The predicted molar refractivity (Wildman–Crippen MR) is 324 cm³/mol. The number of fused-ring (bicyclic) bond motifs is 9. The van der Waals surface area contributed by atoms with E-state index in [-0.39, 0.29) is 11.6 Å². The maximum absolute atomic E-state index is 15.2. The van der Waals surface area contributed by atoms with Crippen molar-refractivity contribution in [1.82, 2.24) is 0 Å². The molecule has 0 saturated heterocycles. The Bertz CT molecular complexity index is 4140. The molecular weight excluding hydrogens is 955 g/mol. The number of benzene rings is 12. The van der Waals surface area contributed by atoms with Crippen molar-refractivity contribution in [2.45, 2.75) is 52.4 Å². The topological polar surface area (TPSA) is 6.48 Å². The lowest BCUT2D eigenvalue weighted by Gasteiger charge is -2.29. The third-order valence-corrected chi connectivity index (χ3v) is 17.0. The first-order chi connectivity index (χ1) is 37.8. The number of hydrogen-bond donors (Lipinski definition) is 0. The molecule has 14 rings (SSSR count). The van der Waals surface area contributed by atoms with Crippen LogP contribution in [0.4, 0.5) is 42.9 Å². The Labute approximate surface area is 455 Å². The predicted octanol–water partition coefficient (Wildman–Crippen LogP) is 20.9. The third-order valence-electron chi connectivity index (χ3n) is 17.0. The molecule has 2 aliphatic rings. The van der Waals surface area contributed by atoms with Gasteiger partial charge in [0.05, 0.1) is 11.4 Å². The fourth-order valence-electron chi connectivity index (χ4n) is 13.2. The van der Waals surface area contributed by atoms with Gasteiger partial charge >= 0.3 is 0 Å². The van der Waals surface area contributed by atoms with E-state index in [0.717, 1.165) is 89.4 Å². The molecule has 0 radical (unpaired) electrons. The summed E-state index contributed by atoms with van der Waals surface area (Å²) in [4.78, 5) is 4.80. The minimum Gasteiger partial charge on any atom is -0.310 e. The molecule has 0 unspecified atom stereocenters. The Balaban J connectivity index is 1.02. The van der Waals surface area contributed by atoms with E-state index in [1.807, 2.05) is 24.3 Å². The van der Waals surface area contributed by atoms with Crippen LogP contribution in [0.2, 0.25) is 0 Å². The van der Waals surface area contributed by atoms with Gasteiger partial charge in [-0.2, -0.15) is 0 Å². The van der Waals surface area contributed by atoms with Gasteiger partial charge in [-0.3, -0.25) is 0 Å². The van der Waals surface area contributed by atoms with Gasteiger partial charge in [0.2, 0.25) is 0 Å². The Hall–Kier alpha value is -9.12. The summed E-state index contributed by atoms with van der Waals surface area (Å²) in [6.45, 7) is 13.7. The molecule has 78 heavy (non-hydrogen) atoms. The molecule has 2 aliphatic carbocycles. The Morgan fingerprint density at radius 1 is 0.308 bits per heavy atom. The summed E-state index contributed by atoms with van der Waals surface area (Å²) in [5.74, 6) is -0.566. The van der Waals surface area contributed by atoms with Gasteiger partial charge in [0.1, 0.15) is 11.6 Å². The highest BCUT2D eigenvalue weighted by molar-refractivity contribution is 6.17. The molecule has 0 aliphatic heterocycles.